The summed E-state index contributed by atoms with van der Waals surface area (Å²) >= 11 is 7.02. The van der Waals surface area contributed by atoms with Crippen LogP contribution in [0.15, 0.2) is 69.6 Å². The first kappa shape index (κ1) is 22.3. The van der Waals surface area contributed by atoms with Crippen molar-refractivity contribution in [1.82, 2.24) is 10.2 Å². The summed E-state index contributed by atoms with van der Waals surface area (Å²) in [5, 5.41) is 4.69. The molecule has 3 aromatic carbocycles. The third-order valence-electron chi connectivity index (χ3n) is 4.83. The van der Waals surface area contributed by atoms with Gasteiger partial charge in [-0.05, 0) is 57.4 Å². The molecule has 0 bridgehead atoms. The number of nitrogens with one attached hydrogen (secondary N) is 1. The predicted octanol–water partition coefficient (Wildman–Crippen LogP) is 4.91. The largest absolute Gasteiger partial charge is 0.483 e. The topological polar surface area (TPSA) is 58.6 Å². The van der Waals surface area contributed by atoms with Crippen LogP contribution in [-0.2, 0) is 16.1 Å². The van der Waals surface area contributed by atoms with Gasteiger partial charge in [-0.15, -0.1) is 0 Å². The summed E-state index contributed by atoms with van der Waals surface area (Å²) in [5.74, 6) is 0.0772. The molecule has 0 heterocycles. The predicted molar refractivity (Wildman–Crippen MR) is 125 cm³/mol. The van der Waals surface area contributed by atoms with Crippen molar-refractivity contribution in [3.63, 3.8) is 0 Å². The van der Waals surface area contributed by atoms with E-state index in [1.807, 2.05) is 60.7 Å². The van der Waals surface area contributed by atoms with E-state index in [1.54, 1.807) is 14.0 Å². The molecule has 0 aromatic heterocycles. The summed E-state index contributed by atoms with van der Waals surface area (Å²) < 4.78 is 7.54. The van der Waals surface area contributed by atoms with E-state index in [0.717, 1.165) is 25.3 Å². The fourth-order valence-corrected chi connectivity index (χ4v) is 4.23. The van der Waals surface area contributed by atoms with Gasteiger partial charge in [0.25, 0.3) is 5.91 Å². The van der Waals surface area contributed by atoms with E-state index in [2.05, 4.69) is 37.2 Å². The lowest BCUT2D eigenvalue weighted by Crippen LogP contribution is -2.48. The highest BCUT2D eigenvalue weighted by molar-refractivity contribution is 9.11. The molecule has 3 aromatic rings. The van der Waals surface area contributed by atoms with Gasteiger partial charge in [-0.1, -0.05) is 58.4 Å². The molecule has 1 N–H and O–H groups in total. The zero-order valence-electron chi connectivity index (χ0n) is 16.7. The van der Waals surface area contributed by atoms with E-state index in [0.29, 0.717) is 12.3 Å². The Hall–Kier alpha value is -2.38. The molecule has 0 fully saturated rings. The van der Waals surface area contributed by atoms with Gasteiger partial charge in [0.05, 0.1) is 4.47 Å². The lowest BCUT2D eigenvalue weighted by atomic mass is 10.1. The average molecular weight is 534 g/mol. The lowest BCUT2D eigenvalue weighted by Gasteiger charge is -2.28. The van der Waals surface area contributed by atoms with E-state index in [4.69, 9.17) is 4.74 Å². The van der Waals surface area contributed by atoms with Crippen molar-refractivity contribution in [2.45, 2.75) is 19.5 Å². The van der Waals surface area contributed by atoms with Gasteiger partial charge in [0.1, 0.15) is 11.8 Å². The Kier molecular flexibility index (Phi) is 7.50. The normalized spacial score (nSPS) is 11.7. The molecule has 0 aliphatic rings. The Morgan fingerprint density at radius 3 is 2.57 bits per heavy atom. The van der Waals surface area contributed by atoms with Crippen molar-refractivity contribution in [1.29, 1.82) is 0 Å². The van der Waals surface area contributed by atoms with Crippen LogP contribution < -0.4 is 10.1 Å². The highest BCUT2D eigenvalue weighted by Crippen LogP contribution is 2.33. The van der Waals surface area contributed by atoms with Crippen LogP contribution in [0.1, 0.15) is 12.5 Å². The number of halogens is 2. The molecule has 0 aliphatic carbocycles. The maximum absolute atomic E-state index is 13.0. The lowest BCUT2D eigenvalue weighted by molar-refractivity contribution is -0.142. The molecule has 0 radical (unpaired) electrons. The standard InChI is InChI=1S/C23H22Br2N2O3/c1-15(23(29)26-2)27(13-16-6-5-8-18(24)12-16)21(28)14-30-20-11-10-17-7-3-4-9-19(17)22(20)25/h3-12,15H,13-14H2,1-2H3,(H,26,29). The molecule has 156 valence electrons. The highest BCUT2D eigenvalue weighted by Gasteiger charge is 2.26. The monoisotopic (exact) mass is 532 g/mol. The fraction of sp³-hybridized carbons (Fsp3) is 0.217. The second-order valence-electron chi connectivity index (χ2n) is 6.83. The number of carbonyl (C=O) groups excluding carboxylic acids is 2. The van der Waals surface area contributed by atoms with Crippen LogP contribution in [0.5, 0.6) is 5.75 Å². The third-order valence-corrected chi connectivity index (χ3v) is 6.15. The summed E-state index contributed by atoms with van der Waals surface area (Å²) in [6, 6.07) is 18.7. The van der Waals surface area contributed by atoms with Crippen LogP contribution in [0.2, 0.25) is 0 Å². The quantitative estimate of drug-likeness (QED) is 0.469. The Morgan fingerprint density at radius 1 is 1.07 bits per heavy atom. The van der Waals surface area contributed by atoms with Crippen LogP contribution in [0, 0.1) is 0 Å². The van der Waals surface area contributed by atoms with Gasteiger partial charge >= 0.3 is 0 Å². The number of benzene rings is 3. The molecule has 5 nitrogen and oxygen atoms in total. The zero-order chi connectivity index (χ0) is 21.7. The smallest absolute Gasteiger partial charge is 0.261 e. The second-order valence-corrected chi connectivity index (χ2v) is 8.54. The van der Waals surface area contributed by atoms with Gasteiger partial charge in [-0.25, -0.2) is 0 Å². The molecule has 3 rings (SSSR count). The first-order valence-corrected chi connectivity index (χ1v) is 11.0. The third kappa shape index (κ3) is 5.21. The number of rotatable bonds is 7. The Bertz CT molecular complexity index is 1070. The van der Waals surface area contributed by atoms with Gasteiger partial charge < -0.3 is 15.0 Å². The first-order chi connectivity index (χ1) is 14.4. The maximum Gasteiger partial charge on any atom is 0.261 e. The highest BCUT2D eigenvalue weighted by atomic mass is 79.9. The SMILES string of the molecule is CNC(=O)C(C)N(Cc1cccc(Br)c1)C(=O)COc1ccc2ccccc2c1Br. The number of likely N-dealkylation sites (N-methyl/N-ethyl adjacent to an activating group) is 1. The molecule has 2 amide bonds. The van der Waals surface area contributed by atoms with Crippen LogP contribution in [0.4, 0.5) is 0 Å². The minimum Gasteiger partial charge on any atom is -0.483 e. The zero-order valence-corrected chi connectivity index (χ0v) is 19.9. The van der Waals surface area contributed by atoms with Crippen LogP contribution in [-0.4, -0.2) is 36.4 Å². The minimum atomic E-state index is -0.634. The molecular formula is C23H22Br2N2O3. The van der Waals surface area contributed by atoms with E-state index in [1.165, 1.54) is 4.90 Å². The molecule has 0 saturated carbocycles. The van der Waals surface area contributed by atoms with Gasteiger partial charge in [0, 0.05) is 18.1 Å². The summed E-state index contributed by atoms with van der Waals surface area (Å²) in [6.07, 6.45) is 0. The number of nitrogens with zero attached hydrogens (tertiary/aromatic N) is 1. The Balaban J connectivity index is 1.79. The fourth-order valence-electron chi connectivity index (χ4n) is 3.17. The summed E-state index contributed by atoms with van der Waals surface area (Å²) in [5.41, 5.74) is 0.917. The summed E-state index contributed by atoms with van der Waals surface area (Å²) in [7, 11) is 1.56. The molecule has 30 heavy (non-hydrogen) atoms. The summed E-state index contributed by atoms with van der Waals surface area (Å²) in [6.45, 7) is 1.84. The number of hydrogen-bond acceptors (Lipinski definition) is 3. The van der Waals surface area contributed by atoms with Crippen LogP contribution >= 0.6 is 31.9 Å². The molecular weight excluding hydrogens is 512 g/mol. The van der Waals surface area contributed by atoms with Gasteiger partial charge in [0.15, 0.2) is 6.61 Å². The van der Waals surface area contributed by atoms with Crippen LogP contribution in [0.3, 0.4) is 0 Å². The molecule has 0 aliphatic heterocycles. The van der Waals surface area contributed by atoms with Crippen LogP contribution in [0.25, 0.3) is 10.8 Å². The van der Waals surface area contributed by atoms with Crippen molar-refractivity contribution in [2.24, 2.45) is 0 Å². The molecule has 1 atom stereocenters. The van der Waals surface area contributed by atoms with Gasteiger partial charge in [0.2, 0.25) is 5.91 Å². The summed E-state index contributed by atoms with van der Waals surface area (Å²) in [4.78, 5) is 26.8. The number of amides is 2. The van der Waals surface area contributed by atoms with Crippen molar-refractivity contribution in [2.75, 3.05) is 13.7 Å². The Morgan fingerprint density at radius 2 is 1.83 bits per heavy atom. The number of ether oxygens (including phenoxy) is 1. The van der Waals surface area contributed by atoms with Crippen molar-refractivity contribution in [3.05, 3.63) is 75.2 Å². The van der Waals surface area contributed by atoms with Crippen molar-refractivity contribution in [3.8, 4) is 5.75 Å². The average Bonchev–Trinajstić information content (AvgIpc) is 2.76. The first-order valence-electron chi connectivity index (χ1n) is 9.46. The second kappa shape index (κ2) is 10.1. The van der Waals surface area contributed by atoms with E-state index < -0.39 is 6.04 Å². The van der Waals surface area contributed by atoms with E-state index >= 15 is 0 Å². The molecule has 0 saturated heterocycles. The van der Waals surface area contributed by atoms with Crippen molar-refractivity contribution < 1.29 is 14.3 Å². The molecule has 7 heteroatoms. The number of hydrogen-bond donors (Lipinski definition) is 1. The van der Waals surface area contributed by atoms with Gasteiger partial charge in [-0.3, -0.25) is 9.59 Å². The molecule has 1 unspecified atom stereocenters. The number of carbonyl (C=O) groups is 2. The molecule has 0 spiro atoms. The minimum absolute atomic E-state index is 0.174. The maximum atomic E-state index is 13.0. The van der Waals surface area contributed by atoms with E-state index in [9.17, 15) is 9.59 Å². The Labute approximate surface area is 192 Å². The van der Waals surface area contributed by atoms with Crippen molar-refractivity contribution >= 4 is 54.4 Å². The number of fused-ring (bicyclic) bond motifs is 1. The van der Waals surface area contributed by atoms with E-state index in [-0.39, 0.29) is 18.4 Å². The van der Waals surface area contributed by atoms with Gasteiger partial charge in [-0.2, -0.15) is 0 Å².